The summed E-state index contributed by atoms with van der Waals surface area (Å²) in [4.78, 5) is 0. The summed E-state index contributed by atoms with van der Waals surface area (Å²) in [6.07, 6.45) is 7.01. The van der Waals surface area contributed by atoms with Gasteiger partial charge < -0.3 is 0 Å². The molecule has 1 aromatic heterocycles. The van der Waals surface area contributed by atoms with Gasteiger partial charge in [0.2, 0.25) is 0 Å². The minimum atomic E-state index is -0.179. The van der Waals surface area contributed by atoms with E-state index >= 15 is 0 Å². The average Bonchev–Trinajstić information content (AvgIpc) is 3.21. The SMILES string of the molecule is Cn1ccn(C2CC2)[c]1=[Pt].Fc1ccc(CN(I)I)cc1. The van der Waals surface area contributed by atoms with Crippen LogP contribution in [-0.4, -0.2) is 10.5 Å². The van der Waals surface area contributed by atoms with E-state index in [1.807, 2.05) is 1.33 Å². The second kappa shape index (κ2) is 8.36. The Balaban J connectivity index is 0.000000154. The first-order valence-electron chi connectivity index (χ1n) is 6.50. The first-order valence-corrected chi connectivity index (χ1v) is 9.56. The summed E-state index contributed by atoms with van der Waals surface area (Å²) in [5, 5.41) is 0. The molecule has 0 bridgehead atoms. The first kappa shape index (κ1) is 17.8. The molecular weight excluding hydrogens is 678 g/mol. The second-order valence-electron chi connectivity index (χ2n) is 4.88. The van der Waals surface area contributed by atoms with Crippen LogP contribution in [0.3, 0.4) is 0 Å². The van der Waals surface area contributed by atoms with Crippen LogP contribution >= 0.6 is 45.7 Å². The van der Waals surface area contributed by atoms with Gasteiger partial charge in [0.25, 0.3) is 0 Å². The van der Waals surface area contributed by atoms with Crippen LogP contribution in [0.5, 0.6) is 0 Å². The van der Waals surface area contributed by atoms with E-state index in [1.165, 1.54) is 28.8 Å². The third-order valence-electron chi connectivity index (χ3n) is 3.07. The van der Waals surface area contributed by atoms with Crippen LogP contribution in [0.25, 0.3) is 0 Å². The summed E-state index contributed by atoms with van der Waals surface area (Å²) >= 11 is 6.73. The maximum Gasteiger partial charge on any atom is 0.123 e. The van der Waals surface area contributed by atoms with Crippen LogP contribution in [0, 0.1) is 9.62 Å². The van der Waals surface area contributed by atoms with Gasteiger partial charge >= 0.3 is 70.6 Å². The van der Waals surface area contributed by atoms with Crippen LogP contribution in [0.4, 0.5) is 4.39 Å². The Labute approximate surface area is 162 Å². The van der Waals surface area contributed by atoms with Crippen molar-refractivity contribution in [2.75, 3.05) is 0 Å². The van der Waals surface area contributed by atoms with E-state index in [2.05, 4.69) is 93.7 Å². The number of halogens is 3. The van der Waals surface area contributed by atoms with Crippen molar-refractivity contribution < 1.29 is 23.7 Å². The third kappa shape index (κ3) is 5.88. The van der Waals surface area contributed by atoms with E-state index in [1.54, 1.807) is 12.1 Å². The van der Waals surface area contributed by atoms with E-state index in [-0.39, 0.29) is 5.82 Å². The maximum atomic E-state index is 12.4. The summed E-state index contributed by atoms with van der Waals surface area (Å²) < 4.78 is 20.2. The van der Waals surface area contributed by atoms with Crippen molar-refractivity contribution in [2.45, 2.75) is 25.4 Å². The zero-order valence-corrected chi connectivity index (χ0v) is 18.0. The minimum Gasteiger partial charge on any atom is -0.207 e. The van der Waals surface area contributed by atoms with Gasteiger partial charge in [-0.25, -0.2) is 4.39 Å². The van der Waals surface area contributed by atoms with E-state index in [0.29, 0.717) is 0 Å². The smallest absolute Gasteiger partial charge is 0.123 e. The molecule has 0 atom stereocenters. The molecule has 118 valence electrons. The van der Waals surface area contributed by atoms with Crippen molar-refractivity contribution in [1.29, 1.82) is 0 Å². The molecule has 2 aromatic rings. The summed E-state index contributed by atoms with van der Waals surface area (Å²) in [7, 11) is 2.08. The molecule has 7 heteroatoms. The first-order chi connectivity index (χ1) is 9.97. The number of hydrogen-bond acceptors (Lipinski definition) is 1. The van der Waals surface area contributed by atoms with Crippen molar-refractivity contribution in [2.24, 2.45) is 7.05 Å². The Morgan fingerprint density at radius 3 is 2.29 bits per heavy atom. The summed E-state index contributed by atoms with van der Waals surface area (Å²) in [5.74, 6) is -0.179. The molecule has 3 rings (SSSR count). The molecular formula is C14H16FI2N3Pt. The average molecular weight is 694 g/mol. The molecule has 0 amide bonds. The van der Waals surface area contributed by atoms with Gasteiger partial charge in [-0.15, -0.1) is 0 Å². The Morgan fingerprint density at radius 2 is 1.86 bits per heavy atom. The van der Waals surface area contributed by atoms with Crippen molar-refractivity contribution in [3.63, 3.8) is 0 Å². The number of aryl methyl sites for hydroxylation is 1. The Kier molecular flexibility index (Phi) is 7.09. The van der Waals surface area contributed by atoms with Crippen LogP contribution in [0.2, 0.25) is 0 Å². The van der Waals surface area contributed by atoms with Gasteiger partial charge in [0.05, 0.1) is 0 Å². The molecule has 1 aliphatic carbocycles. The predicted molar refractivity (Wildman–Crippen MR) is 94.9 cm³/mol. The van der Waals surface area contributed by atoms with Gasteiger partial charge in [-0.05, 0) is 17.7 Å². The van der Waals surface area contributed by atoms with Gasteiger partial charge in [0.1, 0.15) is 5.82 Å². The van der Waals surface area contributed by atoms with Gasteiger partial charge in [-0.1, -0.05) is 12.1 Å². The molecule has 21 heavy (non-hydrogen) atoms. The van der Waals surface area contributed by atoms with E-state index in [4.69, 9.17) is 0 Å². The molecule has 0 N–H and O–H groups in total. The number of benzene rings is 1. The minimum absolute atomic E-state index is 0.179. The summed E-state index contributed by atoms with van der Waals surface area (Å²) in [6, 6.07) is 7.35. The predicted octanol–water partition coefficient (Wildman–Crippen LogP) is 4.57. The molecule has 0 spiro atoms. The zero-order chi connectivity index (χ0) is 15.4. The molecule has 1 fully saturated rings. The van der Waals surface area contributed by atoms with Gasteiger partial charge in [-0.3, -0.25) is 0 Å². The number of hydrogen-bond donors (Lipinski definition) is 0. The number of rotatable bonds is 3. The molecule has 1 aromatic carbocycles. The fraction of sp³-hybridized carbons (Fsp3) is 0.357. The monoisotopic (exact) mass is 694 g/mol. The number of aromatic nitrogens is 2. The molecule has 0 radical (unpaired) electrons. The maximum absolute atomic E-state index is 12.4. The molecule has 1 saturated carbocycles. The second-order valence-corrected chi connectivity index (χ2v) is 10.1. The molecule has 1 aliphatic rings. The van der Waals surface area contributed by atoms with E-state index in [9.17, 15) is 4.39 Å². The normalized spacial score (nSPS) is 14.0. The van der Waals surface area contributed by atoms with E-state index < -0.39 is 0 Å². The van der Waals surface area contributed by atoms with Crippen molar-refractivity contribution in [1.82, 2.24) is 10.5 Å². The molecule has 0 unspecified atom stereocenters. The third-order valence-corrected chi connectivity index (χ3v) is 5.14. The van der Waals surface area contributed by atoms with E-state index in [0.717, 1.165) is 18.2 Å². The quantitative estimate of drug-likeness (QED) is 0.340. The van der Waals surface area contributed by atoms with Crippen LogP contribution in [0.1, 0.15) is 24.4 Å². The van der Waals surface area contributed by atoms with Crippen molar-refractivity contribution in [3.05, 3.63) is 51.8 Å². The summed E-state index contributed by atoms with van der Waals surface area (Å²) in [6.45, 7) is 0.835. The molecule has 1 heterocycles. The zero-order valence-electron chi connectivity index (χ0n) is 11.5. The Hall–Kier alpha value is 0.468. The standard InChI is InChI=1S/C7H6FI2N.C7H10N2.Pt/c8-7-3-1-6(2-4-7)5-11(9)10;1-8-4-5-9(6-8)7-2-3-7;/h1-4H,5H2;4-5,7H,2-3H2,1H3;. The topological polar surface area (TPSA) is 13.1 Å². The molecule has 3 nitrogen and oxygen atoms in total. The Morgan fingerprint density at radius 1 is 1.24 bits per heavy atom. The van der Waals surface area contributed by atoms with Gasteiger partial charge in [-0.2, -0.15) is 1.33 Å². The fourth-order valence-corrected chi connectivity index (χ4v) is 3.35. The van der Waals surface area contributed by atoms with Crippen molar-refractivity contribution in [3.8, 4) is 0 Å². The largest absolute Gasteiger partial charge is 0.207 e. The number of imidazole rings is 1. The van der Waals surface area contributed by atoms with Crippen LogP contribution in [0.15, 0.2) is 36.7 Å². The Bertz CT molecular complexity index is 632. The van der Waals surface area contributed by atoms with Crippen molar-refractivity contribution >= 4 is 45.7 Å². The summed E-state index contributed by atoms with van der Waals surface area (Å²) in [5.41, 5.74) is 1.12. The van der Waals surface area contributed by atoms with Crippen LogP contribution in [-0.2, 0) is 32.9 Å². The fourth-order valence-electron chi connectivity index (χ4n) is 1.81. The number of nitrogens with zero attached hydrogens (tertiary/aromatic N) is 3. The van der Waals surface area contributed by atoms with Gasteiger partial charge in [0.15, 0.2) is 0 Å². The van der Waals surface area contributed by atoms with Gasteiger partial charge in [0, 0.05) is 52.3 Å². The molecule has 0 aliphatic heterocycles. The van der Waals surface area contributed by atoms with Crippen LogP contribution < -0.4 is 0 Å². The molecule has 0 saturated heterocycles.